The third-order valence-corrected chi connectivity index (χ3v) is 2.23. The van der Waals surface area contributed by atoms with Crippen molar-refractivity contribution in [2.45, 2.75) is 0 Å². The molecular weight excluding hydrogens is 321 g/mol. The minimum atomic E-state index is -10.7. The van der Waals surface area contributed by atoms with Crippen LogP contribution in [0.15, 0.2) is 47.7 Å². The molecular formula is C11H11F6N2OP. The summed E-state index contributed by atoms with van der Waals surface area (Å²) in [6.07, 6.45) is 5.02. The van der Waals surface area contributed by atoms with Crippen LogP contribution in [0, 0.1) is 0 Å². The molecule has 10 heteroatoms. The van der Waals surface area contributed by atoms with Gasteiger partial charge in [-0.3, -0.25) is 0 Å². The molecule has 1 heterocycles. The summed E-state index contributed by atoms with van der Waals surface area (Å²) in [5, 5.41) is 0. The number of carbonyl (C=O) groups is 1. The summed E-state index contributed by atoms with van der Waals surface area (Å²) >= 11 is 0. The second kappa shape index (κ2) is 4.64. The monoisotopic (exact) mass is 332 g/mol. The molecule has 1 aliphatic heterocycles. The van der Waals surface area contributed by atoms with Crippen LogP contribution in [0.4, 0.5) is 25.2 Å². The van der Waals surface area contributed by atoms with Crippen molar-refractivity contribution in [3.05, 3.63) is 48.3 Å². The van der Waals surface area contributed by atoms with E-state index < -0.39 is 7.81 Å². The van der Waals surface area contributed by atoms with Crippen LogP contribution in [-0.2, 0) is 0 Å². The molecule has 0 aromatic heterocycles. The number of carbonyl (C=O) groups excluding carboxylic acids is 1. The van der Waals surface area contributed by atoms with Crippen molar-refractivity contribution in [1.29, 1.82) is 0 Å². The summed E-state index contributed by atoms with van der Waals surface area (Å²) in [4.78, 5) is 15.9. The van der Waals surface area contributed by atoms with Crippen LogP contribution < -0.4 is 0 Å². The molecule has 1 amide bonds. The summed E-state index contributed by atoms with van der Waals surface area (Å²) in [6, 6.07) is 9.23. The third kappa shape index (κ3) is 7.57. The van der Waals surface area contributed by atoms with Crippen molar-refractivity contribution >= 4 is 20.1 Å². The number of nitrogens with zero attached hydrogens (tertiary/aromatic N) is 2. The van der Waals surface area contributed by atoms with Crippen LogP contribution in [0.3, 0.4) is 0 Å². The topological polar surface area (TPSA) is 29.4 Å². The van der Waals surface area contributed by atoms with Gasteiger partial charge in [0.1, 0.15) is 6.20 Å². The Kier molecular flexibility index (Phi) is 3.83. The fraction of sp³-hybridized carbons (Fsp3) is 0.0909. The first-order chi connectivity index (χ1) is 9.17. The van der Waals surface area contributed by atoms with Gasteiger partial charge in [0.15, 0.2) is 0 Å². The molecule has 1 aromatic carbocycles. The standard InChI is InChI=1S/C11H11N2O.F6P/c1-13(8-7-12-9-13)11(14)10-5-3-2-4-6-10;1-7(2,3,4,5)6/h2-9H,1H3;/q+1;-1. The molecule has 21 heavy (non-hydrogen) atoms. The van der Waals surface area contributed by atoms with Gasteiger partial charge in [-0.1, -0.05) is 18.2 Å². The first kappa shape index (κ1) is 17.3. The number of hydrogen-bond donors (Lipinski definition) is 0. The third-order valence-electron chi connectivity index (χ3n) is 2.23. The number of quaternary nitrogens is 1. The fourth-order valence-electron chi connectivity index (χ4n) is 1.37. The molecule has 118 valence electrons. The van der Waals surface area contributed by atoms with Gasteiger partial charge in [0, 0.05) is 0 Å². The average molecular weight is 332 g/mol. The van der Waals surface area contributed by atoms with E-state index in [-0.39, 0.29) is 10.4 Å². The summed E-state index contributed by atoms with van der Waals surface area (Å²) in [5.41, 5.74) is 0.702. The van der Waals surface area contributed by atoms with E-state index in [1.54, 1.807) is 18.7 Å². The van der Waals surface area contributed by atoms with Crippen LogP contribution in [0.25, 0.3) is 0 Å². The molecule has 1 unspecified atom stereocenters. The van der Waals surface area contributed by atoms with E-state index in [1.165, 1.54) is 0 Å². The summed E-state index contributed by atoms with van der Waals surface area (Å²) in [5.74, 6) is 0.0306. The molecule has 1 atom stereocenters. The molecule has 0 saturated carbocycles. The van der Waals surface area contributed by atoms with Gasteiger partial charge in [0.25, 0.3) is 0 Å². The molecule has 2 rings (SSSR count). The Bertz CT molecular complexity index is 570. The zero-order valence-corrected chi connectivity index (χ0v) is 11.5. The molecule has 0 N–H and O–H groups in total. The Balaban J connectivity index is 0.000000270. The van der Waals surface area contributed by atoms with E-state index in [4.69, 9.17) is 0 Å². The van der Waals surface area contributed by atoms with E-state index in [0.717, 1.165) is 0 Å². The summed E-state index contributed by atoms with van der Waals surface area (Å²) < 4.78 is 59.3. The Hall–Kier alpha value is -1.73. The maximum atomic E-state index is 12.0. The van der Waals surface area contributed by atoms with E-state index in [9.17, 15) is 30.0 Å². The van der Waals surface area contributed by atoms with Crippen LogP contribution in [0.2, 0.25) is 0 Å². The maximum absolute atomic E-state index is 12.0. The molecule has 3 nitrogen and oxygen atoms in total. The molecule has 0 saturated heterocycles. The van der Waals surface area contributed by atoms with E-state index in [2.05, 4.69) is 4.99 Å². The van der Waals surface area contributed by atoms with E-state index in [0.29, 0.717) is 5.56 Å². The van der Waals surface area contributed by atoms with Crippen molar-refractivity contribution in [3.63, 3.8) is 0 Å². The summed E-state index contributed by atoms with van der Waals surface area (Å²) in [6.45, 7) is 0. The fourth-order valence-corrected chi connectivity index (χ4v) is 1.37. The predicted molar refractivity (Wildman–Crippen MR) is 68.2 cm³/mol. The molecule has 0 radical (unpaired) electrons. The first-order valence-electron chi connectivity index (χ1n) is 5.42. The van der Waals surface area contributed by atoms with Gasteiger partial charge in [-0.15, -0.1) is 0 Å². The van der Waals surface area contributed by atoms with Crippen molar-refractivity contribution in [2.75, 3.05) is 7.05 Å². The SMILES string of the molecule is C[N+]1(C(=O)c2ccccc2)C=CN=C1.F[P-](F)(F)(F)(F)F. The number of hydrogen-bond acceptors (Lipinski definition) is 2. The van der Waals surface area contributed by atoms with Gasteiger partial charge in [0.05, 0.1) is 18.8 Å². The van der Waals surface area contributed by atoms with Crippen molar-refractivity contribution in [3.8, 4) is 0 Å². The zero-order valence-electron chi connectivity index (χ0n) is 10.6. The molecule has 0 aliphatic carbocycles. The quantitative estimate of drug-likeness (QED) is 0.396. The molecule has 1 aliphatic rings. The number of amides is 1. The van der Waals surface area contributed by atoms with Crippen LogP contribution in [0.1, 0.15) is 10.4 Å². The average Bonchev–Trinajstić information content (AvgIpc) is 2.73. The Labute approximate surface area is 116 Å². The van der Waals surface area contributed by atoms with E-state index in [1.807, 2.05) is 37.4 Å². The molecule has 1 aromatic rings. The van der Waals surface area contributed by atoms with Gasteiger partial charge >= 0.3 is 38.9 Å². The zero-order chi connectivity index (χ0) is 16.4. The Morgan fingerprint density at radius 3 is 1.90 bits per heavy atom. The van der Waals surface area contributed by atoms with E-state index >= 15 is 0 Å². The molecule has 0 bridgehead atoms. The van der Waals surface area contributed by atoms with Gasteiger partial charge < -0.3 is 0 Å². The summed E-state index contributed by atoms with van der Waals surface area (Å²) in [7, 11) is -8.85. The Morgan fingerprint density at radius 1 is 1.05 bits per heavy atom. The second-order valence-corrected chi connectivity index (χ2v) is 6.26. The number of aliphatic imine (C=N–C) groups is 1. The number of benzene rings is 1. The van der Waals surface area contributed by atoms with Crippen LogP contribution in [-0.4, -0.2) is 23.8 Å². The molecule has 0 fully saturated rings. The van der Waals surface area contributed by atoms with Crippen molar-refractivity contribution in [1.82, 2.24) is 0 Å². The van der Waals surface area contributed by atoms with Gasteiger partial charge in [0.2, 0.25) is 6.34 Å². The first-order valence-corrected chi connectivity index (χ1v) is 7.44. The number of halogens is 6. The Morgan fingerprint density at radius 2 is 1.52 bits per heavy atom. The molecule has 0 spiro atoms. The van der Waals surface area contributed by atoms with Crippen LogP contribution in [0.5, 0.6) is 0 Å². The van der Waals surface area contributed by atoms with Gasteiger partial charge in [-0.2, -0.15) is 4.48 Å². The second-order valence-electron chi connectivity index (χ2n) is 4.34. The van der Waals surface area contributed by atoms with Crippen molar-refractivity contribution < 1.29 is 34.5 Å². The van der Waals surface area contributed by atoms with Crippen molar-refractivity contribution in [2.24, 2.45) is 4.99 Å². The predicted octanol–water partition coefficient (Wildman–Crippen LogP) is 5.17. The normalized spacial score (nSPS) is 23.8. The van der Waals surface area contributed by atoms with Gasteiger partial charge in [-0.05, 0) is 12.1 Å². The van der Waals surface area contributed by atoms with Gasteiger partial charge in [-0.25, -0.2) is 9.79 Å². The van der Waals surface area contributed by atoms with Crippen LogP contribution >= 0.6 is 7.81 Å². The minimum absolute atomic E-state index is 0.0306. The number of rotatable bonds is 1.